The normalized spacial score (nSPS) is 10.6. The number of nitrogens with one attached hydrogen (secondary N) is 1. The van der Waals surface area contributed by atoms with Crippen LogP contribution in [-0.2, 0) is 6.61 Å². The highest BCUT2D eigenvalue weighted by Gasteiger charge is 2.11. The molecule has 1 N–H and O–H groups in total. The lowest BCUT2D eigenvalue weighted by molar-refractivity contribution is 0.101. The molecule has 5 nitrogen and oxygen atoms in total. The average molecular weight is 343 g/mol. The summed E-state index contributed by atoms with van der Waals surface area (Å²) in [5.41, 5.74) is 1.31. The Morgan fingerprint density at radius 1 is 1.29 bits per heavy atom. The van der Waals surface area contributed by atoms with E-state index in [4.69, 9.17) is 17.0 Å². The van der Waals surface area contributed by atoms with Gasteiger partial charge in [-0.25, -0.2) is 4.39 Å². The van der Waals surface area contributed by atoms with Crippen molar-refractivity contribution in [2.45, 2.75) is 13.5 Å². The fourth-order valence-corrected chi connectivity index (χ4v) is 2.49. The molecule has 0 amide bonds. The lowest BCUT2D eigenvalue weighted by Gasteiger charge is -2.09. The first kappa shape index (κ1) is 16.1. The average Bonchev–Trinajstić information content (AvgIpc) is 2.95. The molecule has 0 aliphatic rings. The minimum Gasteiger partial charge on any atom is -0.486 e. The number of aromatic amines is 1. The van der Waals surface area contributed by atoms with Gasteiger partial charge in [0.1, 0.15) is 18.2 Å². The van der Waals surface area contributed by atoms with Crippen LogP contribution in [-0.4, -0.2) is 20.5 Å². The third-order valence-corrected chi connectivity index (χ3v) is 3.71. The van der Waals surface area contributed by atoms with Gasteiger partial charge in [-0.3, -0.25) is 14.5 Å². The first-order valence-corrected chi connectivity index (χ1v) is 7.61. The van der Waals surface area contributed by atoms with Gasteiger partial charge in [0.05, 0.1) is 5.69 Å². The van der Waals surface area contributed by atoms with E-state index in [9.17, 15) is 9.18 Å². The van der Waals surface area contributed by atoms with Gasteiger partial charge in [0, 0.05) is 5.56 Å². The van der Waals surface area contributed by atoms with E-state index in [2.05, 4.69) is 10.2 Å². The van der Waals surface area contributed by atoms with Crippen LogP contribution in [0.15, 0.2) is 48.5 Å². The number of nitrogens with zero attached hydrogens (tertiary/aromatic N) is 2. The number of ketones is 1. The largest absolute Gasteiger partial charge is 0.486 e. The number of hydrogen-bond acceptors (Lipinski definition) is 4. The monoisotopic (exact) mass is 343 g/mol. The van der Waals surface area contributed by atoms with Gasteiger partial charge in [-0.2, -0.15) is 5.10 Å². The lowest BCUT2D eigenvalue weighted by Crippen LogP contribution is -2.06. The quantitative estimate of drug-likeness (QED) is 0.565. The molecular weight excluding hydrogens is 329 g/mol. The van der Waals surface area contributed by atoms with Gasteiger partial charge in [0.25, 0.3) is 0 Å². The number of hydrogen-bond donors (Lipinski definition) is 1. The van der Waals surface area contributed by atoms with Crippen molar-refractivity contribution >= 4 is 18.0 Å². The summed E-state index contributed by atoms with van der Waals surface area (Å²) >= 11 is 5.27. The first-order valence-electron chi connectivity index (χ1n) is 7.20. The molecule has 0 atom stereocenters. The van der Waals surface area contributed by atoms with Crippen molar-refractivity contribution in [3.63, 3.8) is 0 Å². The summed E-state index contributed by atoms with van der Waals surface area (Å²) in [6.45, 7) is 1.65. The molecule has 3 rings (SSSR count). The van der Waals surface area contributed by atoms with E-state index in [-0.39, 0.29) is 18.2 Å². The second-order valence-corrected chi connectivity index (χ2v) is 5.52. The third kappa shape index (κ3) is 3.41. The van der Waals surface area contributed by atoms with E-state index in [0.29, 0.717) is 21.9 Å². The summed E-state index contributed by atoms with van der Waals surface area (Å²) in [4.78, 5) is 11.6. The number of carbonyl (C=O) groups excluding carboxylic acids is 1. The highest BCUT2D eigenvalue weighted by atomic mass is 32.1. The van der Waals surface area contributed by atoms with Crippen molar-refractivity contribution < 1.29 is 13.9 Å². The Morgan fingerprint density at radius 2 is 2.04 bits per heavy atom. The molecule has 0 aliphatic heterocycles. The van der Waals surface area contributed by atoms with Crippen LogP contribution in [0.1, 0.15) is 23.1 Å². The van der Waals surface area contributed by atoms with Gasteiger partial charge in [0.2, 0.25) is 0 Å². The van der Waals surface area contributed by atoms with Crippen LogP contribution in [0.2, 0.25) is 0 Å². The smallest absolute Gasteiger partial charge is 0.199 e. The van der Waals surface area contributed by atoms with Crippen LogP contribution in [0, 0.1) is 10.6 Å². The summed E-state index contributed by atoms with van der Waals surface area (Å²) in [6, 6.07) is 12.8. The molecule has 0 radical (unpaired) electrons. The fraction of sp³-hybridized carbons (Fsp3) is 0.118. The minimum absolute atomic E-state index is 0.0315. The molecule has 7 heteroatoms. The van der Waals surface area contributed by atoms with Crippen LogP contribution in [0.4, 0.5) is 4.39 Å². The van der Waals surface area contributed by atoms with Crippen LogP contribution < -0.4 is 4.74 Å². The fourth-order valence-electron chi connectivity index (χ4n) is 2.24. The lowest BCUT2D eigenvalue weighted by atomic mass is 10.1. The predicted molar refractivity (Wildman–Crippen MR) is 89.5 cm³/mol. The zero-order valence-corrected chi connectivity index (χ0v) is 13.6. The molecule has 0 unspecified atom stereocenters. The highest BCUT2D eigenvalue weighted by molar-refractivity contribution is 7.71. The van der Waals surface area contributed by atoms with Crippen LogP contribution >= 0.6 is 12.2 Å². The molecule has 0 fully saturated rings. The van der Waals surface area contributed by atoms with E-state index < -0.39 is 0 Å². The Balaban J connectivity index is 1.89. The van der Waals surface area contributed by atoms with Crippen molar-refractivity contribution in [2.75, 3.05) is 0 Å². The van der Waals surface area contributed by atoms with Crippen molar-refractivity contribution in [1.82, 2.24) is 14.8 Å². The number of Topliss-reactive ketones (excluding diaryl/α,β-unsaturated/α-hetero) is 1. The van der Waals surface area contributed by atoms with Gasteiger partial charge in [0.15, 0.2) is 16.4 Å². The SMILES string of the molecule is CC(=O)c1cccc(-n2c(COc3ccc(F)cc3)n[nH]c2=S)c1. The Kier molecular flexibility index (Phi) is 4.52. The molecule has 1 aromatic heterocycles. The molecule has 0 spiro atoms. The molecule has 0 saturated heterocycles. The number of benzene rings is 2. The topological polar surface area (TPSA) is 59.9 Å². The standard InChI is InChI=1S/C17H14FN3O2S/c1-11(22)12-3-2-4-14(9-12)21-16(19-20-17(21)24)10-23-15-7-5-13(18)6-8-15/h2-9H,10H2,1H3,(H,20,24). The molecule has 122 valence electrons. The van der Waals surface area contributed by atoms with Gasteiger partial charge < -0.3 is 4.74 Å². The second kappa shape index (κ2) is 6.76. The number of halogens is 1. The van der Waals surface area contributed by atoms with E-state index in [1.807, 2.05) is 6.07 Å². The van der Waals surface area contributed by atoms with Gasteiger partial charge in [-0.1, -0.05) is 12.1 Å². The zero-order chi connectivity index (χ0) is 17.1. The van der Waals surface area contributed by atoms with Crippen molar-refractivity contribution in [3.8, 4) is 11.4 Å². The van der Waals surface area contributed by atoms with Gasteiger partial charge in [-0.05, 0) is 55.5 Å². The number of carbonyl (C=O) groups is 1. The van der Waals surface area contributed by atoms with Crippen LogP contribution in [0.25, 0.3) is 5.69 Å². The first-order chi connectivity index (χ1) is 11.5. The van der Waals surface area contributed by atoms with Crippen LogP contribution in [0.5, 0.6) is 5.75 Å². The predicted octanol–water partition coefficient (Wildman–Crippen LogP) is 3.85. The highest BCUT2D eigenvalue weighted by Crippen LogP contribution is 2.17. The maximum Gasteiger partial charge on any atom is 0.199 e. The Labute approximate surface area is 142 Å². The number of H-pyrrole nitrogens is 1. The molecular formula is C17H14FN3O2S. The molecule has 1 heterocycles. The van der Waals surface area contributed by atoms with Crippen molar-refractivity contribution in [1.29, 1.82) is 0 Å². The summed E-state index contributed by atoms with van der Waals surface area (Å²) in [5, 5.41) is 6.88. The molecule has 0 aliphatic carbocycles. The Bertz CT molecular complexity index is 932. The molecule has 24 heavy (non-hydrogen) atoms. The summed E-state index contributed by atoms with van der Waals surface area (Å²) < 4.78 is 20.6. The van der Waals surface area contributed by atoms with Gasteiger partial charge >= 0.3 is 0 Å². The van der Waals surface area contributed by atoms with Gasteiger partial charge in [-0.15, -0.1) is 0 Å². The second-order valence-electron chi connectivity index (χ2n) is 5.13. The third-order valence-electron chi connectivity index (χ3n) is 3.43. The van der Waals surface area contributed by atoms with Crippen molar-refractivity contribution in [2.24, 2.45) is 0 Å². The van der Waals surface area contributed by atoms with E-state index in [1.165, 1.54) is 31.2 Å². The number of ether oxygens (including phenoxy) is 1. The molecule has 2 aromatic carbocycles. The summed E-state index contributed by atoms with van der Waals surface area (Å²) in [6.07, 6.45) is 0. The molecule has 0 saturated carbocycles. The van der Waals surface area contributed by atoms with Crippen LogP contribution in [0.3, 0.4) is 0 Å². The zero-order valence-electron chi connectivity index (χ0n) is 12.8. The maximum absolute atomic E-state index is 12.9. The van der Waals surface area contributed by atoms with Crippen molar-refractivity contribution in [3.05, 3.63) is 70.5 Å². The Hall–Kier alpha value is -2.80. The molecule has 3 aromatic rings. The maximum atomic E-state index is 12.9. The number of rotatable bonds is 5. The van der Waals surface area contributed by atoms with E-state index in [0.717, 1.165) is 5.69 Å². The Morgan fingerprint density at radius 3 is 2.75 bits per heavy atom. The summed E-state index contributed by atoms with van der Waals surface area (Å²) in [7, 11) is 0. The number of aromatic nitrogens is 3. The summed E-state index contributed by atoms with van der Waals surface area (Å²) in [5.74, 6) is 0.710. The molecule has 0 bridgehead atoms. The minimum atomic E-state index is -0.328. The van der Waals surface area contributed by atoms with E-state index >= 15 is 0 Å². The van der Waals surface area contributed by atoms with E-state index in [1.54, 1.807) is 22.8 Å².